The Bertz CT molecular complexity index is 415. The third kappa shape index (κ3) is 2.56. The third-order valence-electron chi connectivity index (χ3n) is 2.08. The molecule has 1 aromatic carbocycles. The average molecular weight is 223 g/mol. The summed E-state index contributed by atoms with van der Waals surface area (Å²) in [5.74, 6) is 0.433. The zero-order valence-corrected chi connectivity index (χ0v) is 9.23. The van der Waals surface area contributed by atoms with Gasteiger partial charge in [0.25, 0.3) is 5.69 Å². The summed E-state index contributed by atoms with van der Waals surface area (Å²) in [7, 11) is 0. The fraction of sp³-hybridized carbons (Fsp3) is 0.364. The van der Waals surface area contributed by atoms with Crippen molar-refractivity contribution in [2.45, 2.75) is 20.3 Å². The molecule has 0 unspecified atom stereocenters. The van der Waals surface area contributed by atoms with Gasteiger partial charge in [0.1, 0.15) is 5.75 Å². The molecule has 0 bridgehead atoms. The molecule has 5 nitrogen and oxygen atoms in total. The van der Waals surface area contributed by atoms with Gasteiger partial charge in [0.15, 0.2) is 6.29 Å². The first kappa shape index (κ1) is 12.2. The SMILES string of the molecule is CCCOc1c(C)cc([N+](=O)[O-])cc1C=O. The van der Waals surface area contributed by atoms with Crippen LogP contribution in [0.25, 0.3) is 0 Å². The molecular formula is C11H13NO4. The molecule has 16 heavy (non-hydrogen) atoms. The molecule has 1 rings (SSSR count). The Balaban J connectivity index is 3.17. The van der Waals surface area contributed by atoms with Crippen molar-refractivity contribution in [3.05, 3.63) is 33.4 Å². The van der Waals surface area contributed by atoms with Crippen molar-refractivity contribution in [3.63, 3.8) is 0 Å². The molecule has 0 heterocycles. The minimum Gasteiger partial charge on any atom is -0.493 e. The van der Waals surface area contributed by atoms with Crippen molar-refractivity contribution in [2.75, 3.05) is 6.61 Å². The van der Waals surface area contributed by atoms with Crippen LogP contribution < -0.4 is 4.74 Å². The minimum absolute atomic E-state index is 0.0940. The summed E-state index contributed by atoms with van der Waals surface area (Å²) >= 11 is 0. The zero-order valence-electron chi connectivity index (χ0n) is 9.23. The molecule has 5 heteroatoms. The van der Waals surface area contributed by atoms with Crippen LogP contribution in [0.1, 0.15) is 29.3 Å². The van der Waals surface area contributed by atoms with Gasteiger partial charge in [-0.1, -0.05) is 6.92 Å². The number of nitro groups is 1. The van der Waals surface area contributed by atoms with Gasteiger partial charge in [0.2, 0.25) is 0 Å². The number of aryl methyl sites for hydroxylation is 1. The van der Waals surface area contributed by atoms with Gasteiger partial charge < -0.3 is 4.74 Å². The lowest BCUT2D eigenvalue weighted by Gasteiger charge is -2.10. The molecule has 0 atom stereocenters. The predicted molar refractivity (Wildman–Crippen MR) is 59.0 cm³/mol. The van der Waals surface area contributed by atoms with Crippen LogP contribution in [0.3, 0.4) is 0 Å². The quantitative estimate of drug-likeness (QED) is 0.437. The average Bonchev–Trinajstić information content (AvgIpc) is 2.26. The van der Waals surface area contributed by atoms with E-state index in [2.05, 4.69) is 0 Å². The number of hydrogen-bond donors (Lipinski definition) is 0. The maximum atomic E-state index is 10.8. The Kier molecular flexibility index (Phi) is 3.99. The molecule has 0 aliphatic carbocycles. The predicted octanol–water partition coefficient (Wildman–Crippen LogP) is 2.50. The number of nitrogens with zero attached hydrogens (tertiary/aromatic N) is 1. The van der Waals surface area contributed by atoms with E-state index in [9.17, 15) is 14.9 Å². The lowest BCUT2D eigenvalue weighted by Crippen LogP contribution is -2.02. The standard InChI is InChI=1S/C11H13NO4/c1-3-4-16-11-8(2)5-10(12(14)15)6-9(11)7-13/h5-7H,3-4H2,1-2H3. The minimum atomic E-state index is -0.524. The molecule has 0 radical (unpaired) electrons. The summed E-state index contributed by atoms with van der Waals surface area (Å²) in [6.45, 7) is 4.12. The number of aldehydes is 1. The monoisotopic (exact) mass is 223 g/mol. The second-order valence-corrected chi connectivity index (χ2v) is 3.40. The highest BCUT2D eigenvalue weighted by Crippen LogP contribution is 2.27. The Morgan fingerprint density at radius 1 is 1.50 bits per heavy atom. The van der Waals surface area contributed by atoms with E-state index in [1.54, 1.807) is 6.92 Å². The molecule has 0 amide bonds. The molecule has 0 N–H and O–H groups in total. The Hall–Kier alpha value is -1.91. The van der Waals surface area contributed by atoms with Crippen molar-refractivity contribution in [1.29, 1.82) is 0 Å². The van der Waals surface area contributed by atoms with Crippen molar-refractivity contribution in [3.8, 4) is 5.75 Å². The molecule has 0 saturated carbocycles. The first-order valence-corrected chi connectivity index (χ1v) is 4.97. The molecular weight excluding hydrogens is 210 g/mol. The number of carbonyl (C=O) groups is 1. The van der Waals surface area contributed by atoms with Crippen LogP contribution >= 0.6 is 0 Å². The topological polar surface area (TPSA) is 69.4 Å². The van der Waals surface area contributed by atoms with Crippen LogP contribution in [0.4, 0.5) is 5.69 Å². The van der Waals surface area contributed by atoms with E-state index in [4.69, 9.17) is 4.74 Å². The lowest BCUT2D eigenvalue weighted by molar-refractivity contribution is -0.384. The number of carbonyl (C=O) groups excluding carboxylic acids is 1. The second kappa shape index (κ2) is 5.25. The number of nitro benzene ring substituents is 1. The van der Waals surface area contributed by atoms with Gasteiger partial charge in [0.05, 0.1) is 17.1 Å². The Morgan fingerprint density at radius 2 is 2.19 bits per heavy atom. The third-order valence-corrected chi connectivity index (χ3v) is 2.08. The number of benzene rings is 1. The van der Waals surface area contributed by atoms with Crippen LogP contribution in [0.2, 0.25) is 0 Å². The van der Waals surface area contributed by atoms with E-state index >= 15 is 0 Å². The van der Waals surface area contributed by atoms with Crippen LogP contribution in [0, 0.1) is 17.0 Å². The van der Waals surface area contributed by atoms with E-state index in [0.29, 0.717) is 24.2 Å². The van der Waals surface area contributed by atoms with Gasteiger partial charge in [-0.25, -0.2) is 0 Å². The summed E-state index contributed by atoms with van der Waals surface area (Å²) in [4.78, 5) is 20.9. The summed E-state index contributed by atoms with van der Waals surface area (Å²) in [5, 5.41) is 10.6. The van der Waals surface area contributed by atoms with Gasteiger partial charge >= 0.3 is 0 Å². The maximum absolute atomic E-state index is 10.8. The normalized spacial score (nSPS) is 9.88. The maximum Gasteiger partial charge on any atom is 0.270 e. The van der Waals surface area contributed by atoms with Gasteiger partial charge in [0, 0.05) is 12.1 Å². The largest absolute Gasteiger partial charge is 0.493 e. The summed E-state index contributed by atoms with van der Waals surface area (Å²) in [6, 6.07) is 2.63. The molecule has 0 spiro atoms. The second-order valence-electron chi connectivity index (χ2n) is 3.40. The fourth-order valence-corrected chi connectivity index (χ4v) is 1.38. The molecule has 0 aliphatic rings. The van der Waals surface area contributed by atoms with E-state index < -0.39 is 4.92 Å². The molecule has 0 aliphatic heterocycles. The molecule has 0 saturated heterocycles. The van der Waals surface area contributed by atoms with Crippen molar-refractivity contribution in [1.82, 2.24) is 0 Å². The molecule has 86 valence electrons. The first-order chi connectivity index (χ1) is 7.60. The molecule has 0 fully saturated rings. The van der Waals surface area contributed by atoms with Crippen LogP contribution in [0.15, 0.2) is 12.1 Å². The van der Waals surface area contributed by atoms with Crippen LogP contribution in [0.5, 0.6) is 5.75 Å². The number of rotatable bonds is 5. The van der Waals surface area contributed by atoms with Crippen molar-refractivity contribution >= 4 is 12.0 Å². The Morgan fingerprint density at radius 3 is 2.69 bits per heavy atom. The van der Waals surface area contributed by atoms with Crippen LogP contribution in [-0.4, -0.2) is 17.8 Å². The van der Waals surface area contributed by atoms with Crippen molar-refractivity contribution in [2.24, 2.45) is 0 Å². The van der Waals surface area contributed by atoms with Crippen molar-refractivity contribution < 1.29 is 14.5 Å². The fourth-order valence-electron chi connectivity index (χ4n) is 1.38. The molecule has 1 aromatic rings. The van der Waals surface area contributed by atoms with E-state index in [0.717, 1.165) is 6.42 Å². The van der Waals surface area contributed by atoms with Gasteiger partial charge in [-0.3, -0.25) is 14.9 Å². The summed E-state index contributed by atoms with van der Waals surface area (Å²) in [6.07, 6.45) is 1.39. The molecule has 0 aromatic heterocycles. The van der Waals surface area contributed by atoms with E-state index in [1.807, 2.05) is 6.92 Å². The first-order valence-electron chi connectivity index (χ1n) is 4.97. The number of non-ortho nitro benzene ring substituents is 1. The van der Waals surface area contributed by atoms with Gasteiger partial charge in [-0.05, 0) is 18.9 Å². The highest BCUT2D eigenvalue weighted by Gasteiger charge is 2.14. The highest BCUT2D eigenvalue weighted by atomic mass is 16.6. The van der Waals surface area contributed by atoms with E-state index in [-0.39, 0.29) is 11.3 Å². The number of ether oxygens (including phenoxy) is 1. The smallest absolute Gasteiger partial charge is 0.270 e. The van der Waals surface area contributed by atoms with Crippen LogP contribution in [-0.2, 0) is 0 Å². The zero-order chi connectivity index (χ0) is 12.1. The van der Waals surface area contributed by atoms with Gasteiger partial charge in [-0.2, -0.15) is 0 Å². The Labute approximate surface area is 93.2 Å². The lowest BCUT2D eigenvalue weighted by atomic mass is 10.1. The summed E-state index contributed by atoms with van der Waals surface area (Å²) < 4.78 is 5.39. The number of hydrogen-bond acceptors (Lipinski definition) is 4. The highest BCUT2D eigenvalue weighted by molar-refractivity contribution is 5.81. The van der Waals surface area contributed by atoms with Gasteiger partial charge in [-0.15, -0.1) is 0 Å². The summed E-state index contributed by atoms with van der Waals surface area (Å²) in [5.41, 5.74) is 0.730. The van der Waals surface area contributed by atoms with E-state index in [1.165, 1.54) is 12.1 Å².